The van der Waals surface area contributed by atoms with Crippen LogP contribution >= 0.6 is 0 Å². The predicted molar refractivity (Wildman–Crippen MR) is 61.3 cm³/mol. The fourth-order valence-corrected chi connectivity index (χ4v) is 1.92. The summed E-state index contributed by atoms with van der Waals surface area (Å²) in [6.07, 6.45) is 4.37. The summed E-state index contributed by atoms with van der Waals surface area (Å²) in [5.74, 6) is 1.11. The van der Waals surface area contributed by atoms with Crippen LogP contribution in [-0.4, -0.2) is 23.5 Å². The van der Waals surface area contributed by atoms with Gasteiger partial charge in [-0.25, -0.2) is 0 Å². The van der Waals surface area contributed by atoms with Crippen LogP contribution in [0.1, 0.15) is 27.7 Å². The third kappa shape index (κ3) is 1.43. The van der Waals surface area contributed by atoms with Gasteiger partial charge in [0.25, 0.3) is 0 Å². The van der Waals surface area contributed by atoms with E-state index in [0.717, 1.165) is 5.71 Å². The molecule has 1 aliphatic heterocycles. The Labute approximate surface area is 85.8 Å². The first-order chi connectivity index (χ1) is 6.59. The van der Waals surface area contributed by atoms with Crippen molar-refractivity contribution in [3.8, 4) is 0 Å². The molecule has 4 atom stereocenters. The minimum Gasteiger partial charge on any atom is -0.282 e. The number of hydrogen-bond donors (Lipinski definition) is 0. The van der Waals surface area contributed by atoms with E-state index in [0.29, 0.717) is 23.9 Å². The number of hydrogen-bond acceptors (Lipinski definition) is 2. The van der Waals surface area contributed by atoms with Gasteiger partial charge in [0.2, 0.25) is 0 Å². The molecule has 2 heteroatoms. The molecule has 0 saturated carbocycles. The standard InChI is InChI=1S/C12H18N2/c1-7-5-6-11-12(8(7)2)14-10(4)9(3)13-11/h5-10H,1-4H3/t7-,8-,9-,10+/m0/s1. The Morgan fingerprint density at radius 2 is 1.64 bits per heavy atom. The Morgan fingerprint density at radius 3 is 2.36 bits per heavy atom. The molecule has 0 saturated heterocycles. The van der Waals surface area contributed by atoms with Gasteiger partial charge < -0.3 is 0 Å². The van der Waals surface area contributed by atoms with Crippen molar-refractivity contribution in [1.82, 2.24) is 0 Å². The second kappa shape index (κ2) is 3.34. The van der Waals surface area contributed by atoms with Crippen LogP contribution in [0.3, 0.4) is 0 Å². The lowest BCUT2D eigenvalue weighted by Crippen LogP contribution is -2.36. The monoisotopic (exact) mass is 190 g/mol. The molecule has 2 nitrogen and oxygen atoms in total. The highest BCUT2D eigenvalue weighted by molar-refractivity contribution is 6.48. The van der Waals surface area contributed by atoms with E-state index in [1.54, 1.807) is 0 Å². The molecule has 0 N–H and O–H groups in total. The van der Waals surface area contributed by atoms with E-state index in [9.17, 15) is 0 Å². The maximum absolute atomic E-state index is 4.75. The molecule has 76 valence electrons. The van der Waals surface area contributed by atoms with Gasteiger partial charge in [0.15, 0.2) is 0 Å². The van der Waals surface area contributed by atoms with Gasteiger partial charge in [-0.2, -0.15) is 0 Å². The first kappa shape index (κ1) is 9.63. The third-order valence-corrected chi connectivity index (χ3v) is 3.42. The summed E-state index contributed by atoms with van der Waals surface area (Å²) in [6, 6.07) is 0.675. The van der Waals surface area contributed by atoms with Gasteiger partial charge in [-0.05, 0) is 25.8 Å². The topological polar surface area (TPSA) is 24.7 Å². The van der Waals surface area contributed by atoms with Crippen LogP contribution in [0.15, 0.2) is 22.1 Å². The average Bonchev–Trinajstić information content (AvgIpc) is 2.15. The van der Waals surface area contributed by atoms with Crippen molar-refractivity contribution in [3.63, 3.8) is 0 Å². The molecule has 0 radical (unpaired) electrons. The maximum atomic E-state index is 4.75. The largest absolute Gasteiger partial charge is 0.282 e. The zero-order valence-corrected chi connectivity index (χ0v) is 9.36. The zero-order valence-electron chi connectivity index (χ0n) is 9.36. The zero-order chi connectivity index (χ0) is 10.3. The van der Waals surface area contributed by atoms with Gasteiger partial charge in [0.1, 0.15) is 0 Å². The predicted octanol–water partition coefficient (Wildman–Crippen LogP) is 2.50. The van der Waals surface area contributed by atoms with Crippen molar-refractivity contribution >= 4 is 11.4 Å². The minimum atomic E-state index is 0.332. The molecular weight excluding hydrogens is 172 g/mol. The van der Waals surface area contributed by atoms with Gasteiger partial charge in [0.05, 0.1) is 23.5 Å². The van der Waals surface area contributed by atoms with E-state index in [1.165, 1.54) is 5.71 Å². The Hall–Kier alpha value is -0.920. The lowest BCUT2D eigenvalue weighted by atomic mass is 9.83. The summed E-state index contributed by atoms with van der Waals surface area (Å²) in [7, 11) is 0. The fraction of sp³-hybridized carbons (Fsp3) is 0.667. The molecule has 0 aromatic rings. The van der Waals surface area contributed by atoms with Crippen LogP contribution in [-0.2, 0) is 0 Å². The van der Waals surface area contributed by atoms with Gasteiger partial charge in [0, 0.05) is 5.92 Å². The second-order valence-corrected chi connectivity index (χ2v) is 4.52. The maximum Gasteiger partial charge on any atom is 0.0788 e. The van der Waals surface area contributed by atoms with E-state index in [-0.39, 0.29) is 0 Å². The molecule has 0 aromatic carbocycles. The molecule has 0 spiro atoms. The summed E-state index contributed by atoms with van der Waals surface area (Å²) in [4.78, 5) is 9.42. The summed E-state index contributed by atoms with van der Waals surface area (Å²) in [5, 5.41) is 0. The van der Waals surface area contributed by atoms with E-state index >= 15 is 0 Å². The first-order valence-electron chi connectivity index (χ1n) is 5.43. The average molecular weight is 190 g/mol. The van der Waals surface area contributed by atoms with Crippen molar-refractivity contribution in [2.75, 3.05) is 0 Å². The second-order valence-electron chi connectivity index (χ2n) is 4.52. The molecule has 0 fully saturated rings. The van der Waals surface area contributed by atoms with Crippen LogP contribution in [0.4, 0.5) is 0 Å². The molecule has 0 aromatic heterocycles. The normalized spacial score (nSPS) is 41.4. The van der Waals surface area contributed by atoms with Crippen molar-refractivity contribution in [1.29, 1.82) is 0 Å². The third-order valence-electron chi connectivity index (χ3n) is 3.42. The Morgan fingerprint density at radius 1 is 1.00 bits per heavy atom. The SMILES string of the molecule is C[C@@H]1N=C2C=C[C@H](C)[C@H](C)C2=N[C@@H]1C. The van der Waals surface area contributed by atoms with Gasteiger partial charge in [-0.15, -0.1) is 0 Å². The number of rotatable bonds is 0. The smallest absolute Gasteiger partial charge is 0.0788 e. The number of aliphatic imine (C=N–C) groups is 2. The lowest BCUT2D eigenvalue weighted by Gasteiger charge is -2.30. The highest BCUT2D eigenvalue weighted by atomic mass is 15.0. The van der Waals surface area contributed by atoms with Gasteiger partial charge >= 0.3 is 0 Å². The molecule has 0 unspecified atom stereocenters. The van der Waals surface area contributed by atoms with Crippen LogP contribution in [0.5, 0.6) is 0 Å². The lowest BCUT2D eigenvalue weighted by molar-refractivity contribution is 0.555. The Bertz CT molecular complexity index is 325. The molecule has 1 heterocycles. The Balaban J connectivity index is 2.39. The van der Waals surface area contributed by atoms with Crippen LogP contribution < -0.4 is 0 Å². The number of nitrogens with zero attached hydrogens (tertiary/aromatic N) is 2. The number of fused-ring (bicyclic) bond motifs is 1. The van der Waals surface area contributed by atoms with E-state index in [1.807, 2.05) is 0 Å². The highest BCUT2D eigenvalue weighted by Gasteiger charge is 2.28. The van der Waals surface area contributed by atoms with Crippen LogP contribution in [0.2, 0.25) is 0 Å². The quantitative estimate of drug-likeness (QED) is 0.560. The fourth-order valence-electron chi connectivity index (χ4n) is 1.92. The Kier molecular flexibility index (Phi) is 2.30. The van der Waals surface area contributed by atoms with Crippen molar-refractivity contribution in [3.05, 3.63) is 12.2 Å². The summed E-state index contributed by atoms with van der Waals surface area (Å²) >= 11 is 0. The van der Waals surface area contributed by atoms with Crippen LogP contribution in [0.25, 0.3) is 0 Å². The van der Waals surface area contributed by atoms with Crippen molar-refractivity contribution < 1.29 is 0 Å². The van der Waals surface area contributed by atoms with Crippen LogP contribution in [0, 0.1) is 11.8 Å². The first-order valence-corrected chi connectivity index (χ1v) is 5.43. The molecule has 0 bridgehead atoms. The molecule has 0 amide bonds. The molecule has 2 aliphatic rings. The van der Waals surface area contributed by atoms with E-state index in [4.69, 9.17) is 4.99 Å². The van der Waals surface area contributed by atoms with Gasteiger partial charge in [-0.3, -0.25) is 9.98 Å². The number of allylic oxidation sites excluding steroid dienone is 2. The summed E-state index contributed by atoms with van der Waals surface area (Å²) in [5.41, 5.74) is 2.33. The molecule has 1 aliphatic carbocycles. The minimum absolute atomic E-state index is 0.332. The summed E-state index contributed by atoms with van der Waals surface area (Å²) < 4.78 is 0. The van der Waals surface area contributed by atoms with Gasteiger partial charge in [-0.1, -0.05) is 19.9 Å². The van der Waals surface area contributed by atoms with E-state index < -0.39 is 0 Å². The van der Waals surface area contributed by atoms with Crippen molar-refractivity contribution in [2.45, 2.75) is 39.8 Å². The van der Waals surface area contributed by atoms with E-state index in [2.05, 4.69) is 44.8 Å². The molecule has 14 heavy (non-hydrogen) atoms. The highest BCUT2D eigenvalue weighted by Crippen LogP contribution is 2.24. The molecule has 2 rings (SSSR count). The molecular formula is C12H18N2. The van der Waals surface area contributed by atoms with Crippen molar-refractivity contribution in [2.24, 2.45) is 21.8 Å². The summed E-state index contributed by atoms with van der Waals surface area (Å²) in [6.45, 7) is 8.76.